The number of carbonyl (C=O) groups is 3. The molecule has 2 amide bonds. The van der Waals surface area contributed by atoms with Crippen molar-refractivity contribution >= 4 is 39.8 Å². The number of nitrogens with one attached hydrogen (secondary N) is 2. The van der Waals surface area contributed by atoms with Crippen LogP contribution in [0.15, 0.2) is 36.4 Å². The molecule has 0 unspecified atom stereocenters. The summed E-state index contributed by atoms with van der Waals surface area (Å²) in [6.45, 7) is 11.9. The maximum Gasteiger partial charge on any atom is 0.341 e. The first-order valence-corrected chi connectivity index (χ1v) is 14.2. The quantitative estimate of drug-likeness (QED) is 0.308. The monoisotopic (exact) mass is 548 g/mol. The van der Waals surface area contributed by atoms with Crippen molar-refractivity contribution in [2.24, 2.45) is 5.92 Å². The molecule has 8 heteroatoms. The van der Waals surface area contributed by atoms with Crippen LogP contribution < -0.4 is 15.4 Å². The first kappa shape index (κ1) is 28.4. The third kappa shape index (κ3) is 6.50. The topological polar surface area (TPSA) is 93.7 Å². The number of thiophene rings is 1. The van der Waals surface area contributed by atoms with Crippen LogP contribution in [0.4, 0.5) is 10.7 Å². The van der Waals surface area contributed by atoms with Crippen LogP contribution in [0.1, 0.15) is 75.0 Å². The zero-order chi connectivity index (χ0) is 28.3. The molecule has 1 aromatic heterocycles. The highest BCUT2D eigenvalue weighted by Gasteiger charge is 2.29. The molecule has 2 N–H and O–H groups in total. The zero-order valence-corrected chi connectivity index (χ0v) is 24.2. The van der Waals surface area contributed by atoms with Crippen LogP contribution >= 0.6 is 11.3 Å². The highest BCUT2D eigenvalue weighted by Crippen LogP contribution is 2.40. The second kappa shape index (κ2) is 12.0. The summed E-state index contributed by atoms with van der Waals surface area (Å²) in [7, 11) is 0. The van der Waals surface area contributed by atoms with Crippen molar-refractivity contribution in [3.63, 3.8) is 0 Å². The molecule has 0 saturated carbocycles. The Bertz CT molecular complexity index is 1370. The molecule has 0 bridgehead atoms. The molecule has 0 fully saturated rings. The van der Waals surface area contributed by atoms with Gasteiger partial charge in [-0.1, -0.05) is 24.6 Å². The van der Waals surface area contributed by atoms with Crippen LogP contribution in [0.25, 0.3) is 0 Å². The number of hydrogen-bond acceptors (Lipinski definition) is 6. The van der Waals surface area contributed by atoms with E-state index in [4.69, 9.17) is 9.47 Å². The van der Waals surface area contributed by atoms with Crippen LogP contribution in [0.2, 0.25) is 0 Å². The molecular weight excluding hydrogens is 512 g/mol. The lowest BCUT2D eigenvalue weighted by molar-refractivity contribution is -0.122. The highest BCUT2D eigenvalue weighted by molar-refractivity contribution is 7.17. The molecule has 0 aliphatic heterocycles. The number of fused-ring (bicyclic) bond motifs is 1. The number of anilines is 2. The predicted molar refractivity (Wildman–Crippen MR) is 155 cm³/mol. The highest BCUT2D eigenvalue weighted by atomic mass is 32.1. The smallest absolute Gasteiger partial charge is 0.341 e. The van der Waals surface area contributed by atoms with Crippen LogP contribution in [0, 0.1) is 26.7 Å². The maximum absolute atomic E-state index is 13.1. The summed E-state index contributed by atoms with van der Waals surface area (Å²) in [6, 6.07) is 10.7. The van der Waals surface area contributed by atoms with Gasteiger partial charge in [-0.15, -0.1) is 11.3 Å². The Morgan fingerprint density at radius 2 is 1.72 bits per heavy atom. The summed E-state index contributed by atoms with van der Waals surface area (Å²) in [4.78, 5) is 39.8. The minimum Gasteiger partial charge on any atom is -0.481 e. The third-order valence-corrected chi connectivity index (χ3v) is 8.11. The van der Waals surface area contributed by atoms with Crippen molar-refractivity contribution in [3.05, 3.63) is 74.7 Å². The fourth-order valence-corrected chi connectivity index (χ4v) is 6.37. The molecule has 1 heterocycles. The van der Waals surface area contributed by atoms with Gasteiger partial charge in [-0.3, -0.25) is 9.59 Å². The lowest BCUT2D eigenvalue weighted by Crippen LogP contribution is -2.30. The summed E-state index contributed by atoms with van der Waals surface area (Å²) in [6.07, 6.45) is 1.96. The van der Waals surface area contributed by atoms with Gasteiger partial charge in [0.25, 0.3) is 11.8 Å². The van der Waals surface area contributed by atoms with Gasteiger partial charge in [0.05, 0.1) is 12.2 Å². The fourth-order valence-electron chi connectivity index (χ4n) is 4.98. The van der Waals surface area contributed by atoms with E-state index in [9.17, 15) is 14.4 Å². The third-order valence-electron chi connectivity index (χ3n) is 6.94. The fraction of sp³-hybridized carbons (Fsp3) is 0.387. The van der Waals surface area contributed by atoms with Gasteiger partial charge in [-0.05, 0) is 101 Å². The molecule has 1 aliphatic carbocycles. The maximum atomic E-state index is 13.1. The Hall–Kier alpha value is -3.65. The summed E-state index contributed by atoms with van der Waals surface area (Å²) in [5, 5.41) is 6.43. The van der Waals surface area contributed by atoms with Gasteiger partial charge in [0.15, 0.2) is 6.10 Å². The van der Waals surface area contributed by atoms with Crippen molar-refractivity contribution in [2.75, 3.05) is 17.2 Å². The van der Waals surface area contributed by atoms with Crippen molar-refractivity contribution in [3.8, 4) is 5.75 Å². The lowest BCUT2D eigenvalue weighted by atomic mass is 9.88. The van der Waals surface area contributed by atoms with Crippen molar-refractivity contribution < 1.29 is 23.9 Å². The van der Waals surface area contributed by atoms with Gasteiger partial charge < -0.3 is 20.1 Å². The van der Waals surface area contributed by atoms with Crippen molar-refractivity contribution in [1.29, 1.82) is 0 Å². The normalized spacial score (nSPS) is 15.2. The minimum atomic E-state index is -0.739. The van der Waals surface area contributed by atoms with Gasteiger partial charge in [0.2, 0.25) is 0 Å². The minimum absolute atomic E-state index is 0.255. The number of esters is 1. The Morgan fingerprint density at radius 1 is 1.05 bits per heavy atom. The van der Waals surface area contributed by atoms with Gasteiger partial charge in [-0.2, -0.15) is 0 Å². The number of carbonyl (C=O) groups excluding carboxylic acids is 3. The van der Waals surface area contributed by atoms with Gasteiger partial charge >= 0.3 is 5.97 Å². The number of aryl methyl sites for hydroxylation is 3. The van der Waals surface area contributed by atoms with Gasteiger partial charge in [-0.25, -0.2) is 4.79 Å². The number of benzene rings is 2. The molecule has 4 rings (SSSR count). The Labute approximate surface area is 233 Å². The Morgan fingerprint density at radius 3 is 2.36 bits per heavy atom. The number of hydrogen-bond donors (Lipinski definition) is 2. The molecular formula is C31H36N2O5S. The molecule has 2 aromatic carbocycles. The van der Waals surface area contributed by atoms with Crippen LogP contribution in [0.5, 0.6) is 5.75 Å². The van der Waals surface area contributed by atoms with Crippen LogP contribution in [0.3, 0.4) is 0 Å². The number of rotatable bonds is 8. The van der Waals surface area contributed by atoms with Crippen molar-refractivity contribution in [2.45, 2.75) is 66.9 Å². The van der Waals surface area contributed by atoms with E-state index in [1.54, 1.807) is 38.1 Å². The zero-order valence-electron chi connectivity index (χ0n) is 23.4. The number of ether oxygens (including phenoxy) is 2. The standard InChI is InChI=1S/C31H36N2O5S/c1-7-37-31(36)26-24-13-8-17(2)16-25(24)39-30(26)33-29(35)22-9-11-23(12-10-22)38-21(6)28(34)32-27-19(4)14-18(3)15-20(27)5/h9-12,14-15,17,21H,7-8,13,16H2,1-6H3,(H,32,34)(H,33,35)/t17-,21+/m0/s1. The second-order valence-corrected chi connectivity index (χ2v) is 11.4. The molecule has 0 spiro atoms. The Kier molecular flexibility index (Phi) is 8.75. The molecule has 1 aliphatic rings. The molecule has 39 heavy (non-hydrogen) atoms. The lowest BCUT2D eigenvalue weighted by Gasteiger charge is -2.18. The Balaban J connectivity index is 1.43. The summed E-state index contributed by atoms with van der Waals surface area (Å²) in [5.41, 5.74) is 5.82. The van der Waals surface area contributed by atoms with E-state index in [0.717, 1.165) is 52.1 Å². The molecule has 7 nitrogen and oxygen atoms in total. The summed E-state index contributed by atoms with van der Waals surface area (Å²) in [5.74, 6) is 0.0344. The van der Waals surface area contributed by atoms with E-state index in [-0.39, 0.29) is 18.4 Å². The van der Waals surface area contributed by atoms with E-state index < -0.39 is 12.1 Å². The molecule has 2 atom stereocenters. The van der Waals surface area contributed by atoms with Gasteiger partial charge in [0, 0.05) is 16.1 Å². The van der Waals surface area contributed by atoms with E-state index >= 15 is 0 Å². The first-order valence-electron chi connectivity index (χ1n) is 13.4. The average molecular weight is 549 g/mol. The summed E-state index contributed by atoms with van der Waals surface area (Å²) < 4.78 is 11.1. The first-order chi connectivity index (χ1) is 18.6. The van der Waals surface area contributed by atoms with Crippen molar-refractivity contribution in [1.82, 2.24) is 0 Å². The van der Waals surface area contributed by atoms with Crippen LogP contribution in [-0.4, -0.2) is 30.5 Å². The number of amides is 2. The SMILES string of the molecule is CCOC(=O)c1c(NC(=O)c2ccc(O[C@H](C)C(=O)Nc3c(C)cc(C)cc3C)cc2)sc2c1CC[C@H](C)C2. The molecule has 0 saturated heterocycles. The molecule has 3 aromatic rings. The second-order valence-electron chi connectivity index (χ2n) is 10.3. The van der Waals surface area contributed by atoms with E-state index in [1.807, 2.05) is 32.9 Å². The van der Waals surface area contributed by atoms with Crippen LogP contribution in [-0.2, 0) is 22.4 Å². The summed E-state index contributed by atoms with van der Waals surface area (Å²) >= 11 is 1.46. The van der Waals surface area contributed by atoms with E-state index in [1.165, 1.54) is 11.3 Å². The predicted octanol–water partition coefficient (Wildman–Crippen LogP) is 6.63. The molecule has 0 radical (unpaired) electrons. The van der Waals surface area contributed by atoms with E-state index in [0.29, 0.717) is 27.8 Å². The largest absolute Gasteiger partial charge is 0.481 e. The van der Waals surface area contributed by atoms with Gasteiger partial charge in [0.1, 0.15) is 10.8 Å². The average Bonchev–Trinajstić information content (AvgIpc) is 3.23. The molecule has 206 valence electrons. The van der Waals surface area contributed by atoms with E-state index in [2.05, 4.69) is 17.6 Å².